The van der Waals surface area contributed by atoms with Crippen LogP contribution in [-0.4, -0.2) is 73.2 Å². The Hall–Kier alpha value is -2.35. The Morgan fingerprint density at radius 2 is 1.81 bits per heavy atom. The summed E-state index contributed by atoms with van der Waals surface area (Å²) in [6.45, 7) is 6.20. The van der Waals surface area contributed by atoms with E-state index in [1.807, 2.05) is 18.2 Å². The molecule has 0 bridgehead atoms. The van der Waals surface area contributed by atoms with Crippen molar-refractivity contribution in [2.75, 3.05) is 52.4 Å². The van der Waals surface area contributed by atoms with Crippen LogP contribution >= 0.6 is 11.6 Å². The first-order valence-corrected chi connectivity index (χ1v) is 11.1. The second-order valence-electron chi connectivity index (χ2n) is 8.24. The predicted octanol–water partition coefficient (Wildman–Crippen LogP) is 3.94. The molecule has 3 heterocycles. The number of cyclic esters (lactones) is 1. The van der Waals surface area contributed by atoms with Crippen molar-refractivity contribution in [3.05, 3.63) is 58.4 Å². The maximum absolute atomic E-state index is 14.2. The van der Waals surface area contributed by atoms with E-state index >= 15 is 0 Å². The van der Waals surface area contributed by atoms with Gasteiger partial charge in [0.15, 0.2) is 0 Å². The molecule has 0 saturated carbocycles. The van der Waals surface area contributed by atoms with Crippen LogP contribution in [0.1, 0.15) is 17.2 Å². The van der Waals surface area contributed by atoms with Crippen LogP contribution in [-0.2, 0) is 11.2 Å². The molecule has 2 saturated heterocycles. The quantitative estimate of drug-likeness (QED) is 0.713. The van der Waals surface area contributed by atoms with Crippen LogP contribution in [0.15, 0.2) is 36.4 Å². The first-order valence-electron chi connectivity index (χ1n) is 10.7. The Morgan fingerprint density at radius 3 is 2.58 bits per heavy atom. The van der Waals surface area contributed by atoms with E-state index in [9.17, 15) is 9.18 Å². The number of rotatable bonds is 4. The third-order valence-electron chi connectivity index (χ3n) is 6.37. The number of hydrogen-bond acceptors (Lipinski definition) is 5. The maximum Gasteiger partial charge on any atom is 0.409 e. The number of piperazine rings is 1. The molecule has 0 aliphatic carbocycles. The van der Waals surface area contributed by atoms with Crippen molar-refractivity contribution in [3.63, 3.8) is 0 Å². The van der Waals surface area contributed by atoms with Gasteiger partial charge >= 0.3 is 6.09 Å². The number of carbonyl (C=O) groups is 1. The van der Waals surface area contributed by atoms with Gasteiger partial charge in [0, 0.05) is 55.9 Å². The van der Waals surface area contributed by atoms with Gasteiger partial charge in [0.2, 0.25) is 0 Å². The summed E-state index contributed by atoms with van der Waals surface area (Å²) in [5.41, 5.74) is 1.91. The van der Waals surface area contributed by atoms with E-state index in [-0.39, 0.29) is 18.0 Å². The smallest absolute Gasteiger partial charge is 0.409 e. The lowest BCUT2D eigenvalue weighted by Crippen LogP contribution is -2.49. The molecule has 0 aromatic heterocycles. The van der Waals surface area contributed by atoms with E-state index in [2.05, 4.69) is 9.80 Å². The molecule has 2 fully saturated rings. The van der Waals surface area contributed by atoms with E-state index in [4.69, 9.17) is 21.1 Å². The lowest BCUT2D eigenvalue weighted by Gasteiger charge is -2.39. The van der Waals surface area contributed by atoms with Crippen molar-refractivity contribution in [2.24, 2.45) is 0 Å². The van der Waals surface area contributed by atoms with E-state index in [1.54, 1.807) is 17.0 Å². The second kappa shape index (κ2) is 8.65. The summed E-state index contributed by atoms with van der Waals surface area (Å²) in [5, 5.41) is 0.670. The molecule has 31 heavy (non-hydrogen) atoms. The van der Waals surface area contributed by atoms with Crippen molar-refractivity contribution in [3.8, 4) is 11.5 Å². The highest BCUT2D eigenvalue weighted by Crippen LogP contribution is 2.42. The Labute approximate surface area is 186 Å². The molecule has 1 unspecified atom stereocenters. The molecular formula is C23H25ClFN3O3. The van der Waals surface area contributed by atoms with Crippen LogP contribution in [0.5, 0.6) is 11.5 Å². The summed E-state index contributed by atoms with van der Waals surface area (Å²) in [7, 11) is 0. The lowest BCUT2D eigenvalue weighted by atomic mass is 9.96. The molecule has 0 N–H and O–H groups in total. The standard InChI is InChI=1S/C23H25ClFN3O3/c24-17-1-3-21-16(13-17)14-20(19-15-18(25)2-4-22(19)31-21)27-8-5-26(6-9-27)7-10-28-11-12-30-23(28)29/h1-4,13,15,20H,5-12,14H2. The van der Waals surface area contributed by atoms with E-state index in [1.165, 1.54) is 6.07 Å². The second-order valence-corrected chi connectivity index (χ2v) is 8.67. The van der Waals surface area contributed by atoms with Gasteiger partial charge in [0.1, 0.15) is 23.9 Å². The fourth-order valence-electron chi connectivity index (χ4n) is 4.63. The summed E-state index contributed by atoms with van der Waals surface area (Å²) in [4.78, 5) is 18.2. The molecule has 0 radical (unpaired) electrons. The van der Waals surface area contributed by atoms with Crippen LogP contribution in [0.3, 0.4) is 0 Å². The lowest BCUT2D eigenvalue weighted by molar-refractivity contribution is 0.0897. The molecule has 1 atom stereocenters. The molecule has 0 spiro atoms. The van der Waals surface area contributed by atoms with Gasteiger partial charge in [-0.3, -0.25) is 9.80 Å². The van der Waals surface area contributed by atoms with Crippen LogP contribution in [0.4, 0.5) is 9.18 Å². The Bertz CT molecular complexity index is 981. The van der Waals surface area contributed by atoms with Crippen LogP contribution in [0, 0.1) is 5.82 Å². The zero-order valence-corrected chi connectivity index (χ0v) is 18.0. The monoisotopic (exact) mass is 445 g/mol. The highest BCUT2D eigenvalue weighted by atomic mass is 35.5. The normalized spacial score (nSPS) is 21.8. The number of fused-ring (bicyclic) bond motifs is 2. The topological polar surface area (TPSA) is 45.2 Å². The number of ether oxygens (including phenoxy) is 2. The minimum Gasteiger partial charge on any atom is -0.457 e. The first kappa shape index (κ1) is 20.5. The summed E-state index contributed by atoms with van der Waals surface area (Å²) in [6.07, 6.45) is 0.499. The van der Waals surface area contributed by atoms with Crippen molar-refractivity contribution in [2.45, 2.75) is 12.5 Å². The van der Waals surface area contributed by atoms with Gasteiger partial charge in [-0.1, -0.05) is 11.6 Å². The third-order valence-corrected chi connectivity index (χ3v) is 6.60. The Kier molecular flexibility index (Phi) is 5.73. The van der Waals surface area contributed by atoms with Crippen molar-refractivity contribution < 1.29 is 18.7 Å². The molecule has 1 amide bonds. The fourth-order valence-corrected chi connectivity index (χ4v) is 4.83. The van der Waals surface area contributed by atoms with E-state index < -0.39 is 0 Å². The largest absolute Gasteiger partial charge is 0.457 e. The summed E-state index contributed by atoms with van der Waals surface area (Å²) < 4.78 is 25.3. The number of benzene rings is 2. The van der Waals surface area contributed by atoms with E-state index in [0.29, 0.717) is 36.9 Å². The minimum absolute atomic E-state index is 0.0149. The molecular weight excluding hydrogens is 421 g/mol. The number of nitrogens with zero attached hydrogens (tertiary/aromatic N) is 3. The Balaban J connectivity index is 1.31. The van der Waals surface area contributed by atoms with Gasteiger partial charge in [-0.05, 0) is 48.4 Å². The molecule has 3 aliphatic rings. The van der Waals surface area contributed by atoms with Crippen LogP contribution in [0.2, 0.25) is 5.02 Å². The average molecular weight is 446 g/mol. The molecule has 5 rings (SSSR count). The van der Waals surface area contributed by atoms with Crippen molar-refractivity contribution >= 4 is 17.7 Å². The van der Waals surface area contributed by atoms with Crippen LogP contribution in [0.25, 0.3) is 0 Å². The molecule has 2 aromatic rings. The predicted molar refractivity (Wildman–Crippen MR) is 115 cm³/mol. The summed E-state index contributed by atoms with van der Waals surface area (Å²) in [6, 6.07) is 10.4. The Morgan fingerprint density at radius 1 is 1.00 bits per heavy atom. The van der Waals surface area contributed by atoms with Gasteiger partial charge in [-0.2, -0.15) is 0 Å². The molecule has 6 nitrogen and oxygen atoms in total. The van der Waals surface area contributed by atoms with Gasteiger partial charge in [0.05, 0.1) is 6.54 Å². The van der Waals surface area contributed by atoms with Gasteiger partial charge in [0.25, 0.3) is 0 Å². The minimum atomic E-state index is -0.257. The van der Waals surface area contributed by atoms with Gasteiger partial charge < -0.3 is 14.4 Å². The summed E-state index contributed by atoms with van der Waals surface area (Å²) in [5.74, 6) is 1.21. The van der Waals surface area contributed by atoms with Gasteiger partial charge in [-0.25, -0.2) is 9.18 Å². The average Bonchev–Trinajstić information content (AvgIpc) is 3.11. The van der Waals surface area contributed by atoms with E-state index in [0.717, 1.165) is 49.6 Å². The maximum atomic E-state index is 14.2. The number of carbonyl (C=O) groups excluding carboxylic acids is 1. The molecule has 2 aromatic carbocycles. The van der Waals surface area contributed by atoms with Crippen LogP contribution < -0.4 is 4.74 Å². The zero-order chi connectivity index (χ0) is 21.4. The molecule has 8 heteroatoms. The molecule has 3 aliphatic heterocycles. The number of amides is 1. The summed E-state index contributed by atoms with van der Waals surface area (Å²) >= 11 is 6.25. The fraction of sp³-hybridized carbons (Fsp3) is 0.435. The first-order chi connectivity index (χ1) is 15.1. The van der Waals surface area contributed by atoms with Gasteiger partial charge in [-0.15, -0.1) is 0 Å². The highest BCUT2D eigenvalue weighted by molar-refractivity contribution is 6.30. The number of halogens is 2. The zero-order valence-electron chi connectivity index (χ0n) is 17.2. The van der Waals surface area contributed by atoms with Crippen molar-refractivity contribution in [1.29, 1.82) is 0 Å². The highest BCUT2D eigenvalue weighted by Gasteiger charge is 2.31. The SMILES string of the molecule is O=C1OCCN1CCN1CCN(C2Cc3cc(Cl)ccc3Oc3ccc(F)cc32)CC1. The third kappa shape index (κ3) is 4.35. The number of hydrogen-bond donors (Lipinski definition) is 0. The van der Waals surface area contributed by atoms with Crippen molar-refractivity contribution in [1.82, 2.24) is 14.7 Å². The molecule has 164 valence electrons.